The number of methoxy groups -OCH3 is 5. The minimum atomic E-state index is -2.09. The van der Waals surface area contributed by atoms with Crippen LogP contribution in [0.4, 0.5) is 0 Å². The summed E-state index contributed by atoms with van der Waals surface area (Å²) in [4.78, 5) is 9.23. The van der Waals surface area contributed by atoms with Crippen LogP contribution >= 0.6 is 0 Å². The Balaban J connectivity index is 4.92. The highest BCUT2D eigenvalue weighted by molar-refractivity contribution is 4.43. The second-order valence-corrected chi connectivity index (χ2v) is 2.72. The number of ether oxygens (including phenoxy) is 7. The average Bonchev–Trinajstić information content (AvgIpc) is 2.42. The molecule has 0 saturated heterocycles. The lowest BCUT2D eigenvalue weighted by Gasteiger charge is -2.35. The van der Waals surface area contributed by atoms with Crippen LogP contribution in [0.3, 0.4) is 0 Å². The van der Waals surface area contributed by atoms with Crippen LogP contribution < -0.4 is 0 Å². The van der Waals surface area contributed by atoms with E-state index in [0.29, 0.717) is 0 Å². The van der Waals surface area contributed by atoms with Gasteiger partial charge in [-0.15, -0.1) is 4.89 Å². The Morgan fingerprint density at radius 2 is 1.22 bits per heavy atom. The highest BCUT2D eigenvalue weighted by Crippen LogP contribution is 2.26. The predicted octanol–water partition coefficient (Wildman–Crippen LogP) is 0.00970. The smallest absolute Gasteiger partial charge is 0.358 e. The minimum Gasteiger partial charge on any atom is -0.358 e. The fourth-order valence-electron chi connectivity index (χ4n) is 0.966. The van der Waals surface area contributed by atoms with Crippen LogP contribution in [0.1, 0.15) is 0 Å². The second kappa shape index (κ2) is 8.69. The quantitative estimate of drug-likeness (QED) is 0.293. The van der Waals surface area contributed by atoms with Crippen molar-refractivity contribution >= 4 is 0 Å². The normalized spacial score (nSPS) is 15.7. The lowest BCUT2D eigenvalue weighted by atomic mass is 10.9. The van der Waals surface area contributed by atoms with Crippen molar-refractivity contribution in [2.24, 2.45) is 0 Å². The maximum atomic E-state index is 5.23. The average molecular weight is 272 g/mol. The lowest BCUT2D eigenvalue weighted by molar-refractivity contribution is -0.655. The van der Waals surface area contributed by atoms with Crippen LogP contribution in [0.15, 0.2) is 0 Å². The van der Waals surface area contributed by atoms with Crippen molar-refractivity contribution in [3.8, 4) is 0 Å². The third-order valence-electron chi connectivity index (χ3n) is 1.79. The molecule has 0 rings (SSSR count). The van der Waals surface area contributed by atoms with Gasteiger partial charge < -0.3 is 23.7 Å². The Morgan fingerprint density at radius 1 is 0.722 bits per heavy atom. The summed E-state index contributed by atoms with van der Waals surface area (Å²) in [5.74, 6) is 0. The fraction of sp³-hybridized carbons (Fsp3) is 1.00. The molecule has 0 aliphatic heterocycles. The first-order chi connectivity index (χ1) is 8.57. The molecule has 0 aliphatic carbocycles. The molecule has 0 heterocycles. The summed E-state index contributed by atoms with van der Waals surface area (Å²) in [6, 6.07) is 0. The Bertz CT molecular complexity index is 200. The summed E-state index contributed by atoms with van der Waals surface area (Å²) < 4.78 is 34.7. The van der Waals surface area contributed by atoms with Gasteiger partial charge in [0, 0.05) is 35.5 Å². The van der Waals surface area contributed by atoms with E-state index in [2.05, 4.69) is 4.89 Å². The van der Waals surface area contributed by atoms with Gasteiger partial charge in [0.15, 0.2) is 6.79 Å². The van der Waals surface area contributed by atoms with E-state index < -0.39 is 12.3 Å². The Labute approximate surface area is 106 Å². The van der Waals surface area contributed by atoms with E-state index in [0.717, 1.165) is 0 Å². The van der Waals surface area contributed by atoms with Gasteiger partial charge in [-0.1, -0.05) is 0 Å². The van der Waals surface area contributed by atoms with Crippen molar-refractivity contribution in [3.63, 3.8) is 0 Å². The van der Waals surface area contributed by atoms with Crippen LogP contribution in [-0.2, 0) is 42.9 Å². The molecule has 0 amide bonds. The minimum absolute atomic E-state index is 0.204. The molecule has 0 spiro atoms. The van der Waals surface area contributed by atoms with Crippen LogP contribution in [0.25, 0.3) is 0 Å². The molecule has 0 aromatic rings. The van der Waals surface area contributed by atoms with Gasteiger partial charge in [-0.05, 0) is 0 Å². The van der Waals surface area contributed by atoms with Crippen LogP contribution in [0.2, 0.25) is 0 Å². The molecule has 110 valence electrons. The van der Waals surface area contributed by atoms with Gasteiger partial charge in [0.05, 0.1) is 7.11 Å². The molecule has 0 saturated carbocycles. The van der Waals surface area contributed by atoms with E-state index >= 15 is 0 Å². The van der Waals surface area contributed by atoms with Crippen molar-refractivity contribution in [2.45, 2.75) is 12.3 Å². The Kier molecular flexibility index (Phi) is 8.52. The highest BCUT2D eigenvalue weighted by Gasteiger charge is 2.48. The van der Waals surface area contributed by atoms with Crippen molar-refractivity contribution in [1.82, 2.24) is 0 Å². The van der Waals surface area contributed by atoms with E-state index in [1.807, 2.05) is 0 Å². The first kappa shape index (κ1) is 17.6. The summed E-state index contributed by atoms with van der Waals surface area (Å²) in [6.45, 7) is -0.204. The van der Waals surface area contributed by atoms with Gasteiger partial charge in [-0.25, -0.2) is 9.62 Å². The molecule has 0 N–H and O–H groups in total. The molecule has 0 bridgehead atoms. The van der Waals surface area contributed by atoms with Crippen molar-refractivity contribution in [2.75, 3.05) is 49.5 Å². The van der Waals surface area contributed by atoms with Gasteiger partial charge in [-0.2, -0.15) is 0 Å². The van der Waals surface area contributed by atoms with Gasteiger partial charge in [0.1, 0.15) is 0 Å². The molecule has 0 radical (unpaired) electrons. The summed E-state index contributed by atoms with van der Waals surface area (Å²) in [6.07, 6.45) is -3.99. The first-order valence-electron chi connectivity index (χ1n) is 4.83. The zero-order valence-corrected chi connectivity index (χ0v) is 11.4. The molecule has 0 aromatic carbocycles. The van der Waals surface area contributed by atoms with E-state index in [-0.39, 0.29) is 6.79 Å². The molecule has 0 fully saturated rings. The van der Waals surface area contributed by atoms with Crippen LogP contribution in [0, 0.1) is 0 Å². The molecule has 9 nitrogen and oxygen atoms in total. The molecule has 0 aromatic heterocycles. The largest absolute Gasteiger partial charge is 0.447 e. The van der Waals surface area contributed by atoms with Crippen molar-refractivity contribution in [1.29, 1.82) is 0 Å². The standard InChI is InChI=1S/C9H20O9/c1-10-7-16-9(14-5,18-15-6)17-8(11-2,12-3)13-4/h7H2,1-6H3. The predicted molar refractivity (Wildman–Crippen MR) is 55.6 cm³/mol. The Morgan fingerprint density at radius 3 is 1.56 bits per heavy atom. The summed E-state index contributed by atoms with van der Waals surface area (Å²) in [7, 11) is 7.76. The van der Waals surface area contributed by atoms with Gasteiger partial charge in [0.2, 0.25) is 0 Å². The zero-order chi connectivity index (χ0) is 14.1. The number of rotatable bonds is 11. The monoisotopic (exact) mass is 272 g/mol. The van der Waals surface area contributed by atoms with E-state index in [9.17, 15) is 0 Å². The van der Waals surface area contributed by atoms with E-state index in [4.69, 9.17) is 38.0 Å². The highest BCUT2D eigenvalue weighted by atomic mass is 17.3. The van der Waals surface area contributed by atoms with Crippen molar-refractivity contribution < 1.29 is 42.9 Å². The topological polar surface area (TPSA) is 83.1 Å². The molecule has 0 aliphatic rings. The molecular formula is C9H20O9. The lowest BCUT2D eigenvalue weighted by Crippen LogP contribution is -2.52. The summed E-state index contributed by atoms with van der Waals surface area (Å²) >= 11 is 0. The SMILES string of the molecule is COCOC(OC)(OOC)OC(OC)(OC)OC. The number of hydrogen-bond donors (Lipinski definition) is 0. The third-order valence-corrected chi connectivity index (χ3v) is 1.79. The van der Waals surface area contributed by atoms with Crippen molar-refractivity contribution in [3.05, 3.63) is 0 Å². The first-order valence-corrected chi connectivity index (χ1v) is 4.83. The zero-order valence-electron chi connectivity index (χ0n) is 11.4. The van der Waals surface area contributed by atoms with Gasteiger partial charge in [0.25, 0.3) is 0 Å². The molecular weight excluding hydrogens is 252 g/mol. The second-order valence-electron chi connectivity index (χ2n) is 2.72. The fourth-order valence-corrected chi connectivity index (χ4v) is 0.966. The molecule has 9 heteroatoms. The van der Waals surface area contributed by atoms with E-state index in [1.165, 1.54) is 42.7 Å². The maximum Gasteiger partial charge on any atom is 0.447 e. The van der Waals surface area contributed by atoms with Gasteiger partial charge >= 0.3 is 12.3 Å². The van der Waals surface area contributed by atoms with Crippen LogP contribution in [-0.4, -0.2) is 61.8 Å². The van der Waals surface area contributed by atoms with Crippen LogP contribution in [0.5, 0.6) is 0 Å². The van der Waals surface area contributed by atoms with E-state index in [1.54, 1.807) is 0 Å². The third kappa shape index (κ3) is 4.72. The summed E-state index contributed by atoms with van der Waals surface area (Å²) in [5, 5.41) is 0. The number of hydrogen-bond acceptors (Lipinski definition) is 9. The molecule has 18 heavy (non-hydrogen) atoms. The molecule has 1 atom stereocenters. The summed E-state index contributed by atoms with van der Waals surface area (Å²) in [5.41, 5.74) is 0. The van der Waals surface area contributed by atoms with Gasteiger partial charge in [-0.3, -0.25) is 4.74 Å². The maximum absolute atomic E-state index is 5.23. The Hall–Kier alpha value is -0.360. The molecule has 1 unspecified atom stereocenters.